The molecule has 1 heterocycles. The van der Waals surface area contributed by atoms with E-state index in [1.54, 1.807) is 29.2 Å². The van der Waals surface area contributed by atoms with E-state index in [2.05, 4.69) is 13.8 Å². The summed E-state index contributed by atoms with van der Waals surface area (Å²) in [6, 6.07) is 10.0. The molecule has 0 bridgehead atoms. The number of carboxylic acid groups (broad SMARTS) is 1. The van der Waals surface area contributed by atoms with Crippen LogP contribution in [0, 0.1) is 11.7 Å². The van der Waals surface area contributed by atoms with Crippen molar-refractivity contribution in [3.8, 4) is 5.75 Å². The largest absolute Gasteiger partial charge is 0.487 e. The smallest absolute Gasteiger partial charge is 0.305 e. The van der Waals surface area contributed by atoms with Crippen LogP contribution < -0.4 is 4.74 Å². The first-order valence-electron chi connectivity index (χ1n) is 10.8. The van der Waals surface area contributed by atoms with E-state index in [0.717, 1.165) is 23.3 Å². The second-order valence-corrected chi connectivity index (χ2v) is 9.50. The van der Waals surface area contributed by atoms with Crippen LogP contribution in [0.1, 0.15) is 55.1 Å². The molecule has 0 radical (unpaired) electrons. The lowest BCUT2D eigenvalue weighted by atomic mass is 9.91. The van der Waals surface area contributed by atoms with Gasteiger partial charge in [0.25, 0.3) is 5.91 Å². The van der Waals surface area contributed by atoms with Crippen LogP contribution in [0.5, 0.6) is 5.75 Å². The Hall–Kier alpha value is -2.60. The Kier molecular flexibility index (Phi) is 7.44. The van der Waals surface area contributed by atoms with E-state index in [1.165, 1.54) is 6.07 Å². The van der Waals surface area contributed by atoms with Crippen LogP contribution in [0.4, 0.5) is 4.39 Å². The van der Waals surface area contributed by atoms with E-state index in [0.29, 0.717) is 30.9 Å². The molecule has 3 rings (SSSR count). The molecular formula is C25H29ClFNO4. The lowest BCUT2D eigenvalue weighted by molar-refractivity contribution is -0.137. The van der Waals surface area contributed by atoms with Crippen LogP contribution in [-0.2, 0) is 17.6 Å². The summed E-state index contributed by atoms with van der Waals surface area (Å²) in [5, 5.41) is 9.13. The summed E-state index contributed by atoms with van der Waals surface area (Å²) in [6.07, 6.45) is 1.86. The lowest BCUT2D eigenvalue weighted by Gasteiger charge is -2.24. The highest BCUT2D eigenvalue weighted by Crippen LogP contribution is 2.38. The molecule has 1 unspecified atom stereocenters. The number of halogens is 2. The molecule has 2 aromatic rings. The summed E-state index contributed by atoms with van der Waals surface area (Å²) in [4.78, 5) is 25.8. The van der Waals surface area contributed by atoms with E-state index in [1.807, 2.05) is 13.0 Å². The van der Waals surface area contributed by atoms with E-state index < -0.39 is 17.4 Å². The number of rotatable bonds is 9. The molecule has 1 amide bonds. The summed E-state index contributed by atoms with van der Waals surface area (Å²) in [6.45, 7) is 6.81. The SMILES string of the molecule is CC(C)CCN(CCC(=O)O)C(=O)c1ccc2c(c1)CC(C)(Cc1ccc(F)c(Cl)c1)O2. The van der Waals surface area contributed by atoms with Gasteiger partial charge in [-0.3, -0.25) is 9.59 Å². The predicted molar refractivity (Wildman–Crippen MR) is 122 cm³/mol. The number of hydrogen-bond donors (Lipinski definition) is 1. The van der Waals surface area contributed by atoms with Gasteiger partial charge in [-0.15, -0.1) is 0 Å². The van der Waals surface area contributed by atoms with E-state index >= 15 is 0 Å². The van der Waals surface area contributed by atoms with Gasteiger partial charge in [0.05, 0.1) is 11.4 Å². The number of carboxylic acids is 1. The predicted octanol–water partition coefficient (Wildman–Crippen LogP) is 5.38. The summed E-state index contributed by atoms with van der Waals surface area (Å²) < 4.78 is 19.7. The number of carbonyl (C=O) groups excluding carboxylic acids is 1. The average Bonchev–Trinajstić information content (AvgIpc) is 3.04. The van der Waals surface area contributed by atoms with Crippen LogP contribution in [0.3, 0.4) is 0 Å². The van der Waals surface area contributed by atoms with E-state index in [-0.39, 0.29) is 23.9 Å². The number of fused-ring (bicyclic) bond motifs is 1. The summed E-state index contributed by atoms with van der Waals surface area (Å²) in [5.74, 6) is -0.426. The fourth-order valence-electron chi connectivity index (χ4n) is 3.98. The molecule has 32 heavy (non-hydrogen) atoms. The Morgan fingerprint density at radius 2 is 1.97 bits per heavy atom. The van der Waals surface area contributed by atoms with Crippen molar-refractivity contribution in [1.29, 1.82) is 0 Å². The van der Waals surface area contributed by atoms with Gasteiger partial charge in [-0.25, -0.2) is 4.39 Å². The van der Waals surface area contributed by atoms with Gasteiger partial charge in [-0.2, -0.15) is 0 Å². The Morgan fingerprint density at radius 3 is 2.62 bits per heavy atom. The highest BCUT2D eigenvalue weighted by molar-refractivity contribution is 6.30. The van der Waals surface area contributed by atoms with Crippen molar-refractivity contribution in [2.45, 2.75) is 52.1 Å². The second kappa shape index (κ2) is 9.90. The molecule has 0 aliphatic carbocycles. The van der Waals surface area contributed by atoms with Gasteiger partial charge >= 0.3 is 5.97 Å². The molecule has 0 saturated carbocycles. The number of carbonyl (C=O) groups is 2. The first-order valence-corrected chi connectivity index (χ1v) is 11.2. The van der Waals surface area contributed by atoms with Crippen molar-refractivity contribution in [2.75, 3.05) is 13.1 Å². The van der Waals surface area contributed by atoms with Crippen LogP contribution in [0.25, 0.3) is 0 Å². The number of ether oxygens (including phenoxy) is 1. The zero-order chi connectivity index (χ0) is 23.5. The quantitative estimate of drug-likeness (QED) is 0.544. The summed E-state index contributed by atoms with van der Waals surface area (Å²) >= 11 is 5.91. The summed E-state index contributed by atoms with van der Waals surface area (Å²) in [7, 11) is 0. The average molecular weight is 462 g/mol. The zero-order valence-electron chi connectivity index (χ0n) is 18.7. The van der Waals surface area contributed by atoms with Gasteiger partial charge < -0.3 is 14.7 Å². The third-order valence-corrected chi connectivity index (χ3v) is 5.94. The molecule has 1 aliphatic rings. The van der Waals surface area contributed by atoms with Crippen molar-refractivity contribution in [2.24, 2.45) is 5.92 Å². The highest BCUT2D eigenvalue weighted by Gasteiger charge is 2.35. The number of benzene rings is 2. The normalized spacial score (nSPS) is 17.2. The molecule has 0 fully saturated rings. The number of hydrogen-bond acceptors (Lipinski definition) is 3. The van der Waals surface area contributed by atoms with Gasteiger partial charge in [0.15, 0.2) is 0 Å². The molecule has 0 spiro atoms. The maximum absolute atomic E-state index is 13.5. The molecule has 172 valence electrons. The molecule has 2 aromatic carbocycles. The van der Waals surface area contributed by atoms with Crippen LogP contribution >= 0.6 is 11.6 Å². The van der Waals surface area contributed by atoms with Gasteiger partial charge in [0, 0.05) is 31.5 Å². The van der Waals surface area contributed by atoms with Crippen LogP contribution in [0.15, 0.2) is 36.4 Å². The molecule has 5 nitrogen and oxygen atoms in total. The Labute approximate surface area is 193 Å². The van der Waals surface area contributed by atoms with Gasteiger partial charge in [-0.05, 0) is 60.7 Å². The number of amides is 1. The maximum Gasteiger partial charge on any atom is 0.305 e. The summed E-state index contributed by atoms with van der Waals surface area (Å²) in [5.41, 5.74) is 1.78. The van der Waals surface area contributed by atoms with Gasteiger partial charge in [0.2, 0.25) is 0 Å². The zero-order valence-corrected chi connectivity index (χ0v) is 19.4. The third kappa shape index (κ3) is 6.00. The molecule has 0 saturated heterocycles. The molecule has 1 N–H and O–H groups in total. The number of aliphatic carboxylic acids is 1. The minimum atomic E-state index is -0.925. The third-order valence-electron chi connectivity index (χ3n) is 5.65. The number of nitrogens with zero attached hydrogens (tertiary/aromatic N) is 1. The monoisotopic (exact) mass is 461 g/mol. The van der Waals surface area contributed by atoms with Crippen LogP contribution in [0.2, 0.25) is 5.02 Å². The van der Waals surface area contributed by atoms with Crippen LogP contribution in [-0.4, -0.2) is 40.6 Å². The van der Waals surface area contributed by atoms with E-state index in [4.69, 9.17) is 21.4 Å². The molecule has 7 heteroatoms. The van der Waals surface area contributed by atoms with Crippen molar-refractivity contribution < 1.29 is 23.8 Å². The molecule has 1 atom stereocenters. The Morgan fingerprint density at radius 1 is 1.22 bits per heavy atom. The Balaban J connectivity index is 1.75. The fraction of sp³-hybridized carbons (Fsp3) is 0.440. The van der Waals surface area contributed by atoms with Crippen molar-refractivity contribution in [3.63, 3.8) is 0 Å². The minimum Gasteiger partial charge on any atom is -0.487 e. The molecule has 0 aromatic heterocycles. The van der Waals surface area contributed by atoms with Crippen molar-refractivity contribution in [1.82, 2.24) is 4.90 Å². The van der Waals surface area contributed by atoms with Gasteiger partial charge in [0.1, 0.15) is 17.2 Å². The second-order valence-electron chi connectivity index (χ2n) is 9.09. The minimum absolute atomic E-state index is 0.0809. The van der Waals surface area contributed by atoms with E-state index in [9.17, 15) is 14.0 Å². The van der Waals surface area contributed by atoms with Crippen molar-refractivity contribution in [3.05, 3.63) is 63.9 Å². The van der Waals surface area contributed by atoms with Crippen molar-refractivity contribution >= 4 is 23.5 Å². The standard InChI is InChI=1S/C25H29ClFNO4/c1-16(2)8-10-28(11-9-23(29)30)24(31)18-5-7-22-19(13-18)15-25(3,32-22)14-17-4-6-21(27)20(26)12-17/h4-7,12-13,16H,8-11,14-15H2,1-3H3,(H,29,30). The highest BCUT2D eigenvalue weighted by atomic mass is 35.5. The topological polar surface area (TPSA) is 66.8 Å². The lowest BCUT2D eigenvalue weighted by Crippen LogP contribution is -2.34. The fourth-order valence-corrected chi connectivity index (χ4v) is 4.18. The first-order chi connectivity index (χ1) is 15.1. The molecular weight excluding hydrogens is 433 g/mol. The van der Waals surface area contributed by atoms with Gasteiger partial charge in [-0.1, -0.05) is 31.5 Å². The maximum atomic E-state index is 13.5. The Bertz CT molecular complexity index is 1010. The first kappa shape index (κ1) is 24.1. The molecule has 1 aliphatic heterocycles.